The van der Waals surface area contributed by atoms with E-state index >= 15 is 0 Å². The van der Waals surface area contributed by atoms with Crippen LogP contribution in [0.5, 0.6) is 0 Å². The smallest absolute Gasteiger partial charge is 0.416 e. The molecule has 0 saturated heterocycles. The molecule has 22 heavy (non-hydrogen) atoms. The van der Waals surface area contributed by atoms with Crippen LogP contribution in [0.15, 0.2) is 18.2 Å². The maximum Gasteiger partial charge on any atom is 0.416 e. The molecule has 126 valence electrons. The van der Waals surface area contributed by atoms with Gasteiger partial charge in [0.15, 0.2) is 0 Å². The number of carbonyl (C=O) groups is 1. The molecule has 0 amide bonds. The number of aliphatic carboxylic acids is 1. The largest absolute Gasteiger partial charge is 0.481 e. The van der Waals surface area contributed by atoms with Gasteiger partial charge in [-0.15, -0.1) is 0 Å². The van der Waals surface area contributed by atoms with E-state index < -0.39 is 35.5 Å². The molecule has 0 radical (unpaired) electrons. The number of alkyl halides is 6. The van der Waals surface area contributed by atoms with Crippen LogP contribution in [-0.4, -0.2) is 18.1 Å². The Morgan fingerprint density at radius 1 is 1.05 bits per heavy atom. The molecule has 0 aliphatic rings. The second-order valence-corrected chi connectivity index (χ2v) is 4.37. The first-order chi connectivity index (χ1) is 9.78. The summed E-state index contributed by atoms with van der Waals surface area (Å²) in [6, 6.07) is 0.951. The normalized spacial score (nSPS) is 13.1. The topological polar surface area (TPSA) is 49.3 Å². The molecule has 1 rings (SSSR count). The maximum atomic E-state index is 12.5. The number of hydrogen-bond acceptors (Lipinski definition) is 2. The van der Waals surface area contributed by atoms with Gasteiger partial charge in [-0.3, -0.25) is 4.79 Å². The second-order valence-electron chi connectivity index (χ2n) is 4.37. The fraction of sp³-hybridized carbons (Fsp3) is 0.462. The average Bonchev–Trinajstić information content (AvgIpc) is 2.34. The number of hydrogen-bond donors (Lipinski definition) is 2. The summed E-state index contributed by atoms with van der Waals surface area (Å²) in [6.45, 7) is 2.57. The summed E-state index contributed by atoms with van der Waals surface area (Å²) in [5, 5.41) is 10.0. The number of carboxylic acid groups (broad SMARTS) is 1. The lowest BCUT2D eigenvalue weighted by molar-refractivity contribution is -0.143. The lowest BCUT2D eigenvalue weighted by Crippen LogP contribution is -2.17. The van der Waals surface area contributed by atoms with E-state index in [9.17, 15) is 26.3 Å². The highest BCUT2D eigenvalue weighted by atomic mass is 19.4. The summed E-state index contributed by atoms with van der Waals surface area (Å²) in [7, 11) is 1.46. The van der Waals surface area contributed by atoms with Gasteiger partial charge in [-0.25, -0.2) is 0 Å². The van der Waals surface area contributed by atoms with Gasteiger partial charge in [0.2, 0.25) is 0 Å². The molecule has 0 saturated carbocycles. The van der Waals surface area contributed by atoms with Crippen molar-refractivity contribution in [2.75, 3.05) is 7.05 Å². The lowest BCUT2D eigenvalue weighted by atomic mass is 10.0. The molecule has 3 nitrogen and oxygen atoms in total. The highest BCUT2D eigenvalue weighted by molar-refractivity contribution is 5.62. The van der Waals surface area contributed by atoms with Crippen LogP contribution in [0.4, 0.5) is 26.3 Å². The van der Waals surface area contributed by atoms with Crippen molar-refractivity contribution < 1.29 is 36.2 Å². The Hall–Kier alpha value is -1.77. The molecule has 0 bridgehead atoms. The number of halogens is 6. The van der Waals surface area contributed by atoms with E-state index in [1.54, 1.807) is 0 Å². The number of carboxylic acids is 1. The van der Waals surface area contributed by atoms with E-state index in [0.29, 0.717) is 0 Å². The van der Waals surface area contributed by atoms with Crippen molar-refractivity contribution in [2.24, 2.45) is 0 Å². The zero-order chi connectivity index (χ0) is 17.7. The minimum absolute atomic E-state index is 0.0559. The van der Waals surface area contributed by atoms with Gasteiger partial charge in [-0.05, 0) is 37.7 Å². The number of benzene rings is 1. The average molecular weight is 331 g/mol. The van der Waals surface area contributed by atoms with Crippen molar-refractivity contribution in [2.45, 2.75) is 32.2 Å². The van der Waals surface area contributed by atoms with Gasteiger partial charge in [-0.2, -0.15) is 26.3 Å². The van der Waals surface area contributed by atoms with E-state index in [1.165, 1.54) is 14.0 Å². The molecule has 2 N–H and O–H groups in total. The van der Waals surface area contributed by atoms with Crippen molar-refractivity contribution in [1.82, 2.24) is 5.32 Å². The van der Waals surface area contributed by atoms with Crippen LogP contribution in [0.25, 0.3) is 0 Å². The predicted molar refractivity (Wildman–Crippen MR) is 67.2 cm³/mol. The number of rotatable bonds is 2. The highest BCUT2D eigenvalue weighted by Crippen LogP contribution is 2.37. The molecule has 0 heterocycles. The molecule has 1 aromatic carbocycles. The zero-order valence-electron chi connectivity index (χ0n) is 11.9. The maximum absolute atomic E-state index is 12.5. The van der Waals surface area contributed by atoms with E-state index in [4.69, 9.17) is 9.90 Å². The Labute approximate surface area is 122 Å². The summed E-state index contributed by atoms with van der Waals surface area (Å²) in [4.78, 5) is 9.00. The molecular weight excluding hydrogens is 316 g/mol. The first-order valence-corrected chi connectivity index (χ1v) is 5.95. The van der Waals surface area contributed by atoms with Crippen LogP contribution in [-0.2, 0) is 17.1 Å². The van der Waals surface area contributed by atoms with Crippen LogP contribution in [0.3, 0.4) is 0 Å². The summed E-state index contributed by atoms with van der Waals surface area (Å²) in [6.07, 6.45) is -9.60. The standard InChI is InChI=1S/C11H11F6N.C2H4O2/c1-6(18-2)7-3-8(10(12,13)14)5-9(4-7)11(15,16)17;1-2(3)4/h3-6,18H,1-2H3;1H3,(H,3,4)/t6-;/m0./s1. The monoisotopic (exact) mass is 331 g/mol. The molecule has 1 atom stereocenters. The van der Waals surface area contributed by atoms with Crippen molar-refractivity contribution in [3.05, 3.63) is 34.9 Å². The quantitative estimate of drug-likeness (QED) is 0.803. The Morgan fingerprint density at radius 2 is 1.36 bits per heavy atom. The number of nitrogens with one attached hydrogen (secondary N) is 1. The van der Waals surface area contributed by atoms with Crippen LogP contribution in [0, 0.1) is 0 Å². The van der Waals surface area contributed by atoms with E-state index in [2.05, 4.69) is 5.32 Å². The minimum Gasteiger partial charge on any atom is -0.481 e. The molecule has 1 aromatic rings. The fourth-order valence-corrected chi connectivity index (χ4v) is 1.40. The first-order valence-electron chi connectivity index (χ1n) is 5.95. The third-order valence-electron chi connectivity index (χ3n) is 2.54. The third kappa shape index (κ3) is 6.79. The molecule has 0 unspecified atom stereocenters. The van der Waals surface area contributed by atoms with Gasteiger partial charge in [0.05, 0.1) is 11.1 Å². The van der Waals surface area contributed by atoms with Gasteiger partial charge < -0.3 is 10.4 Å². The summed E-state index contributed by atoms with van der Waals surface area (Å²) < 4.78 is 75.1. The van der Waals surface area contributed by atoms with Gasteiger partial charge in [0.1, 0.15) is 0 Å². The Balaban J connectivity index is 0.000000980. The van der Waals surface area contributed by atoms with Crippen molar-refractivity contribution in [3.63, 3.8) is 0 Å². The van der Waals surface area contributed by atoms with Crippen LogP contribution < -0.4 is 5.32 Å². The first kappa shape index (κ1) is 20.2. The van der Waals surface area contributed by atoms with Crippen molar-refractivity contribution >= 4 is 5.97 Å². The van der Waals surface area contributed by atoms with E-state index in [1.807, 2.05) is 0 Å². The second kappa shape index (κ2) is 7.48. The molecule has 0 aliphatic heterocycles. The Morgan fingerprint density at radius 3 is 1.59 bits per heavy atom. The van der Waals surface area contributed by atoms with Gasteiger partial charge in [0, 0.05) is 13.0 Å². The predicted octanol–water partition coefficient (Wildman–Crippen LogP) is 4.10. The molecule has 9 heteroatoms. The third-order valence-corrected chi connectivity index (χ3v) is 2.54. The highest BCUT2D eigenvalue weighted by Gasteiger charge is 2.37. The molecule has 0 aliphatic carbocycles. The SMILES string of the molecule is CC(=O)O.CN[C@@H](C)c1cc(C(F)(F)F)cc(C(F)(F)F)c1. The molecule has 0 fully saturated rings. The van der Waals surface area contributed by atoms with Crippen LogP contribution in [0.2, 0.25) is 0 Å². The van der Waals surface area contributed by atoms with Gasteiger partial charge in [0.25, 0.3) is 5.97 Å². The fourth-order valence-electron chi connectivity index (χ4n) is 1.40. The summed E-state index contributed by atoms with van der Waals surface area (Å²) in [5.74, 6) is -0.833. The zero-order valence-corrected chi connectivity index (χ0v) is 11.9. The lowest BCUT2D eigenvalue weighted by Gasteiger charge is -2.17. The van der Waals surface area contributed by atoms with Gasteiger partial charge >= 0.3 is 12.4 Å². The van der Waals surface area contributed by atoms with Crippen molar-refractivity contribution in [1.29, 1.82) is 0 Å². The van der Waals surface area contributed by atoms with Crippen molar-refractivity contribution in [3.8, 4) is 0 Å². The Bertz CT molecular complexity index is 474. The van der Waals surface area contributed by atoms with E-state index in [-0.39, 0.29) is 11.6 Å². The van der Waals surface area contributed by atoms with E-state index in [0.717, 1.165) is 19.1 Å². The van der Waals surface area contributed by atoms with Gasteiger partial charge in [-0.1, -0.05) is 0 Å². The van der Waals surface area contributed by atoms with Crippen LogP contribution in [0.1, 0.15) is 36.6 Å². The molecular formula is C13H15F6NO2. The summed E-state index contributed by atoms with van der Waals surface area (Å²) in [5.41, 5.74) is -2.65. The Kier molecular flexibility index (Phi) is 6.88. The van der Waals surface area contributed by atoms with Crippen LogP contribution >= 0.6 is 0 Å². The minimum atomic E-state index is -4.80. The molecule has 0 aromatic heterocycles. The summed E-state index contributed by atoms with van der Waals surface area (Å²) >= 11 is 0. The molecule has 0 spiro atoms.